The first-order chi connectivity index (χ1) is 26.0. The Balaban J connectivity index is 3.45. The van der Waals surface area contributed by atoms with Gasteiger partial charge in [0.1, 0.15) is 0 Å². The van der Waals surface area contributed by atoms with Gasteiger partial charge in [0.2, 0.25) is 5.91 Å². The van der Waals surface area contributed by atoms with Crippen molar-refractivity contribution < 1.29 is 24.5 Å². The largest absolute Gasteiger partial charge is 0.466 e. The number of aliphatic hydroxyl groups excluding tert-OH is 2. The number of carbonyl (C=O) groups is 2. The van der Waals surface area contributed by atoms with Gasteiger partial charge in [-0.2, -0.15) is 0 Å². The van der Waals surface area contributed by atoms with Gasteiger partial charge < -0.3 is 20.3 Å². The minimum Gasteiger partial charge on any atom is -0.466 e. The molecule has 0 aromatic heterocycles. The average molecular weight is 750 g/mol. The number of aliphatic hydroxyl groups is 2. The van der Waals surface area contributed by atoms with E-state index >= 15 is 0 Å². The van der Waals surface area contributed by atoms with Crippen molar-refractivity contribution in [3.63, 3.8) is 0 Å². The second kappa shape index (κ2) is 43.3. The van der Waals surface area contributed by atoms with E-state index in [1.807, 2.05) is 0 Å². The molecule has 0 aliphatic carbocycles. The number of esters is 1. The van der Waals surface area contributed by atoms with Gasteiger partial charge in [-0.1, -0.05) is 199 Å². The van der Waals surface area contributed by atoms with E-state index in [1.54, 1.807) is 0 Å². The van der Waals surface area contributed by atoms with E-state index < -0.39 is 12.1 Å². The zero-order valence-corrected chi connectivity index (χ0v) is 35.5. The molecule has 2 unspecified atom stereocenters. The molecule has 314 valence electrons. The van der Waals surface area contributed by atoms with E-state index in [9.17, 15) is 19.8 Å². The molecule has 0 radical (unpaired) electrons. The Hall–Kier alpha value is -1.40. The van der Waals surface area contributed by atoms with Crippen LogP contribution < -0.4 is 5.32 Å². The molecule has 0 aliphatic rings. The molecule has 0 saturated heterocycles. The summed E-state index contributed by atoms with van der Waals surface area (Å²) in [6.07, 6.45) is 47.3. The fourth-order valence-corrected chi connectivity index (χ4v) is 7.16. The van der Waals surface area contributed by atoms with E-state index in [4.69, 9.17) is 4.74 Å². The second-order valence-corrected chi connectivity index (χ2v) is 16.1. The molecule has 0 saturated carbocycles. The van der Waals surface area contributed by atoms with Crippen LogP contribution in [0.15, 0.2) is 12.2 Å². The molecule has 3 N–H and O–H groups in total. The molecule has 0 spiro atoms. The highest BCUT2D eigenvalue weighted by atomic mass is 16.5. The summed E-state index contributed by atoms with van der Waals surface area (Å²) in [5, 5.41) is 23.1. The van der Waals surface area contributed by atoms with Gasteiger partial charge in [0, 0.05) is 12.8 Å². The Labute approximate surface area is 329 Å². The van der Waals surface area contributed by atoms with Crippen molar-refractivity contribution >= 4 is 11.9 Å². The van der Waals surface area contributed by atoms with Gasteiger partial charge in [0.25, 0.3) is 0 Å². The van der Waals surface area contributed by atoms with E-state index in [0.717, 1.165) is 51.4 Å². The number of ether oxygens (including phenoxy) is 1. The quantitative estimate of drug-likeness (QED) is 0.0328. The van der Waals surface area contributed by atoms with Gasteiger partial charge in [0.15, 0.2) is 0 Å². The lowest BCUT2D eigenvalue weighted by atomic mass is 10.0. The number of hydrogen-bond acceptors (Lipinski definition) is 5. The third-order valence-electron chi connectivity index (χ3n) is 10.8. The van der Waals surface area contributed by atoms with Crippen LogP contribution in [0, 0.1) is 0 Å². The van der Waals surface area contributed by atoms with Crippen molar-refractivity contribution in [2.75, 3.05) is 13.2 Å². The maximum Gasteiger partial charge on any atom is 0.305 e. The van der Waals surface area contributed by atoms with Crippen molar-refractivity contribution in [1.29, 1.82) is 0 Å². The number of nitrogens with one attached hydrogen (secondary N) is 1. The predicted octanol–water partition coefficient (Wildman–Crippen LogP) is 13.4. The van der Waals surface area contributed by atoms with E-state index in [1.165, 1.54) is 167 Å². The van der Waals surface area contributed by atoms with Crippen molar-refractivity contribution in [2.24, 2.45) is 0 Å². The van der Waals surface area contributed by atoms with E-state index in [0.29, 0.717) is 25.9 Å². The highest BCUT2D eigenvalue weighted by Gasteiger charge is 2.20. The van der Waals surface area contributed by atoms with Crippen molar-refractivity contribution in [3.8, 4) is 0 Å². The third-order valence-corrected chi connectivity index (χ3v) is 10.8. The first-order valence-electron chi connectivity index (χ1n) is 23.4. The topological polar surface area (TPSA) is 95.9 Å². The first-order valence-corrected chi connectivity index (χ1v) is 23.4. The monoisotopic (exact) mass is 750 g/mol. The molecular weight excluding hydrogens is 659 g/mol. The Morgan fingerprint density at radius 2 is 0.887 bits per heavy atom. The molecular formula is C47H91NO5. The predicted molar refractivity (Wildman–Crippen MR) is 227 cm³/mol. The number of unbranched alkanes of at least 4 members (excludes halogenated alkanes) is 30. The molecule has 0 fully saturated rings. The Bertz CT molecular complexity index is 787. The second-order valence-electron chi connectivity index (χ2n) is 16.1. The van der Waals surface area contributed by atoms with Crippen molar-refractivity contribution in [3.05, 3.63) is 12.2 Å². The van der Waals surface area contributed by atoms with Crippen LogP contribution in [0.2, 0.25) is 0 Å². The zero-order chi connectivity index (χ0) is 38.7. The van der Waals surface area contributed by atoms with Crippen LogP contribution >= 0.6 is 0 Å². The standard InChI is InChI=1S/C47H91NO5/c1-3-5-7-9-11-13-15-21-25-29-33-37-41-47(52)53-42-38-34-30-26-22-18-16-17-20-24-28-32-36-40-46(51)48-44(43-49)45(50)39-35-31-27-23-19-14-12-10-8-6-4-2/h11,13,44-45,49-50H,3-10,12,14-43H2,1-2H3,(H,48,51)/b13-11-. The van der Waals surface area contributed by atoms with Gasteiger partial charge >= 0.3 is 5.97 Å². The smallest absolute Gasteiger partial charge is 0.305 e. The van der Waals surface area contributed by atoms with Crippen molar-refractivity contribution in [1.82, 2.24) is 5.32 Å². The summed E-state index contributed by atoms with van der Waals surface area (Å²) in [7, 11) is 0. The summed E-state index contributed by atoms with van der Waals surface area (Å²) < 4.78 is 5.44. The molecule has 2 atom stereocenters. The van der Waals surface area contributed by atoms with Crippen LogP contribution in [0.25, 0.3) is 0 Å². The minimum absolute atomic E-state index is 0.0159. The fourth-order valence-electron chi connectivity index (χ4n) is 7.16. The molecule has 0 bridgehead atoms. The fraction of sp³-hybridized carbons (Fsp3) is 0.915. The number of amides is 1. The summed E-state index contributed by atoms with van der Waals surface area (Å²) in [6, 6.07) is -0.548. The molecule has 0 aromatic carbocycles. The lowest BCUT2D eigenvalue weighted by Gasteiger charge is -2.22. The van der Waals surface area contributed by atoms with E-state index in [-0.39, 0.29) is 18.5 Å². The van der Waals surface area contributed by atoms with Crippen LogP contribution in [0.1, 0.15) is 251 Å². The van der Waals surface area contributed by atoms with E-state index in [2.05, 4.69) is 31.3 Å². The van der Waals surface area contributed by atoms with Crippen molar-refractivity contribution in [2.45, 2.75) is 264 Å². The maximum absolute atomic E-state index is 12.4. The molecule has 0 aliphatic heterocycles. The number of hydrogen-bond donors (Lipinski definition) is 3. The van der Waals surface area contributed by atoms with Crippen LogP contribution in [-0.4, -0.2) is 47.4 Å². The average Bonchev–Trinajstić information content (AvgIpc) is 3.16. The number of carbonyl (C=O) groups excluding carboxylic acids is 2. The molecule has 53 heavy (non-hydrogen) atoms. The summed E-state index contributed by atoms with van der Waals surface area (Å²) in [5.41, 5.74) is 0. The summed E-state index contributed by atoms with van der Waals surface area (Å²) in [4.78, 5) is 24.4. The number of rotatable bonds is 43. The zero-order valence-electron chi connectivity index (χ0n) is 35.5. The number of allylic oxidation sites excluding steroid dienone is 2. The van der Waals surface area contributed by atoms with Crippen LogP contribution in [0.3, 0.4) is 0 Å². The summed E-state index contributed by atoms with van der Waals surface area (Å²) >= 11 is 0. The SMILES string of the molecule is CCCCC/C=C\CCCCCCCC(=O)OCCCCCCCCCCCCCCCC(=O)NC(CO)C(O)CCCCCCCCCCCCC. The molecule has 0 heterocycles. The van der Waals surface area contributed by atoms with Crippen LogP contribution in [0.4, 0.5) is 0 Å². The molecule has 0 rings (SSSR count). The van der Waals surface area contributed by atoms with Gasteiger partial charge in [0.05, 0.1) is 25.4 Å². The van der Waals surface area contributed by atoms with Gasteiger partial charge in [-0.25, -0.2) is 0 Å². The van der Waals surface area contributed by atoms with Gasteiger partial charge in [-0.3, -0.25) is 9.59 Å². The summed E-state index contributed by atoms with van der Waals surface area (Å²) in [6.45, 7) is 4.88. The first kappa shape index (κ1) is 51.6. The minimum atomic E-state index is -0.670. The molecule has 6 heteroatoms. The summed E-state index contributed by atoms with van der Waals surface area (Å²) in [5.74, 6) is -0.0654. The third kappa shape index (κ3) is 40.1. The van der Waals surface area contributed by atoms with Gasteiger partial charge in [-0.05, 0) is 51.4 Å². The molecule has 6 nitrogen and oxygen atoms in total. The van der Waals surface area contributed by atoms with Gasteiger partial charge in [-0.15, -0.1) is 0 Å². The molecule has 1 amide bonds. The lowest BCUT2D eigenvalue weighted by Crippen LogP contribution is -2.45. The van der Waals surface area contributed by atoms with Crippen LogP contribution in [0.5, 0.6) is 0 Å². The normalized spacial score (nSPS) is 12.8. The highest BCUT2D eigenvalue weighted by molar-refractivity contribution is 5.76. The lowest BCUT2D eigenvalue weighted by molar-refractivity contribution is -0.143. The van der Waals surface area contributed by atoms with Crippen LogP contribution in [-0.2, 0) is 14.3 Å². The molecule has 0 aromatic rings. The Morgan fingerprint density at radius 3 is 1.38 bits per heavy atom. The Kier molecular flexibility index (Phi) is 42.2. The highest BCUT2D eigenvalue weighted by Crippen LogP contribution is 2.16. The Morgan fingerprint density at radius 1 is 0.509 bits per heavy atom. The maximum atomic E-state index is 12.4.